The smallest absolute Gasteiger partial charge is 0.126 e. The molecule has 4 heteroatoms. The van der Waals surface area contributed by atoms with Gasteiger partial charge in [-0.3, -0.25) is 4.98 Å². The molecule has 0 saturated carbocycles. The Morgan fingerprint density at radius 3 is 2.88 bits per heavy atom. The molecule has 16 heavy (non-hydrogen) atoms. The van der Waals surface area contributed by atoms with Gasteiger partial charge in [0.05, 0.1) is 6.04 Å². The number of pyridine rings is 1. The Kier molecular flexibility index (Phi) is 3.31. The van der Waals surface area contributed by atoms with E-state index in [1.807, 2.05) is 24.4 Å². The molecule has 0 spiro atoms. The van der Waals surface area contributed by atoms with Gasteiger partial charge in [0.2, 0.25) is 0 Å². The first-order valence-electron chi connectivity index (χ1n) is 5.47. The Balaban J connectivity index is 2.11. The van der Waals surface area contributed by atoms with E-state index in [2.05, 4.69) is 21.5 Å². The predicted octanol–water partition coefficient (Wildman–Crippen LogP) is 1.54. The molecule has 2 N–H and O–H groups in total. The number of rotatable bonds is 4. The number of aromatic nitrogens is 3. The second-order valence-corrected chi connectivity index (χ2v) is 3.70. The van der Waals surface area contributed by atoms with E-state index < -0.39 is 0 Å². The van der Waals surface area contributed by atoms with Crippen molar-refractivity contribution in [3.05, 3.63) is 48.3 Å². The highest BCUT2D eigenvalue weighted by Gasteiger charge is 2.12. The van der Waals surface area contributed by atoms with Crippen LogP contribution in [-0.2, 0) is 13.0 Å². The van der Waals surface area contributed by atoms with Crippen LogP contribution in [0.1, 0.15) is 24.5 Å². The van der Waals surface area contributed by atoms with E-state index in [9.17, 15) is 0 Å². The molecule has 0 aliphatic heterocycles. The monoisotopic (exact) mass is 216 g/mol. The van der Waals surface area contributed by atoms with E-state index in [0.29, 0.717) is 0 Å². The number of hydrogen-bond acceptors (Lipinski definition) is 3. The van der Waals surface area contributed by atoms with Gasteiger partial charge < -0.3 is 10.3 Å². The topological polar surface area (TPSA) is 56.7 Å². The Morgan fingerprint density at radius 2 is 2.19 bits per heavy atom. The summed E-state index contributed by atoms with van der Waals surface area (Å²) in [5.74, 6) is 0.924. The van der Waals surface area contributed by atoms with Crippen LogP contribution in [0.15, 0.2) is 36.8 Å². The molecular weight excluding hydrogens is 200 g/mol. The molecule has 4 nitrogen and oxygen atoms in total. The van der Waals surface area contributed by atoms with Crippen LogP contribution in [0, 0.1) is 0 Å². The van der Waals surface area contributed by atoms with Crippen molar-refractivity contribution in [2.75, 3.05) is 0 Å². The van der Waals surface area contributed by atoms with Gasteiger partial charge >= 0.3 is 0 Å². The van der Waals surface area contributed by atoms with Crippen LogP contribution < -0.4 is 5.73 Å². The predicted molar refractivity (Wildman–Crippen MR) is 62.8 cm³/mol. The molecule has 1 atom stereocenters. The lowest BCUT2D eigenvalue weighted by atomic mass is 10.1. The molecule has 0 bridgehead atoms. The van der Waals surface area contributed by atoms with E-state index in [1.54, 1.807) is 12.4 Å². The summed E-state index contributed by atoms with van der Waals surface area (Å²) in [5, 5.41) is 0. The van der Waals surface area contributed by atoms with Crippen molar-refractivity contribution in [3.63, 3.8) is 0 Å². The van der Waals surface area contributed by atoms with Crippen LogP contribution in [0.25, 0.3) is 0 Å². The highest BCUT2D eigenvalue weighted by atomic mass is 15.1. The summed E-state index contributed by atoms with van der Waals surface area (Å²) in [5.41, 5.74) is 7.13. The lowest BCUT2D eigenvalue weighted by Crippen LogP contribution is -2.19. The van der Waals surface area contributed by atoms with E-state index in [-0.39, 0.29) is 6.04 Å². The summed E-state index contributed by atoms with van der Waals surface area (Å²) in [6, 6.07) is 5.77. The summed E-state index contributed by atoms with van der Waals surface area (Å²) < 4.78 is 2.06. The van der Waals surface area contributed by atoms with Crippen LogP contribution >= 0.6 is 0 Å². The summed E-state index contributed by atoms with van der Waals surface area (Å²) >= 11 is 0. The molecule has 0 aliphatic rings. The largest absolute Gasteiger partial charge is 0.334 e. The molecule has 0 radical (unpaired) electrons. The molecular formula is C12H16N4. The number of nitrogens with zero attached hydrogens (tertiary/aromatic N) is 3. The third-order valence-corrected chi connectivity index (χ3v) is 2.58. The van der Waals surface area contributed by atoms with Crippen LogP contribution in [0.2, 0.25) is 0 Å². The van der Waals surface area contributed by atoms with E-state index in [4.69, 9.17) is 5.73 Å². The van der Waals surface area contributed by atoms with Gasteiger partial charge in [0.15, 0.2) is 0 Å². The SMILES string of the molecule is CCn1ccnc1C(N)Cc1ccccn1. The van der Waals surface area contributed by atoms with Gasteiger partial charge in [-0.15, -0.1) is 0 Å². The maximum Gasteiger partial charge on any atom is 0.126 e. The maximum atomic E-state index is 6.12. The molecule has 84 valence electrons. The molecule has 2 aromatic heterocycles. The number of imidazole rings is 1. The summed E-state index contributed by atoms with van der Waals surface area (Å²) in [4.78, 5) is 8.56. The normalized spacial score (nSPS) is 12.6. The van der Waals surface area contributed by atoms with Crippen molar-refractivity contribution in [1.82, 2.24) is 14.5 Å². The zero-order chi connectivity index (χ0) is 11.4. The lowest BCUT2D eigenvalue weighted by molar-refractivity contribution is 0.594. The molecule has 0 fully saturated rings. The molecule has 0 aliphatic carbocycles. The lowest BCUT2D eigenvalue weighted by Gasteiger charge is -2.12. The molecule has 0 amide bonds. The molecule has 2 aromatic rings. The van der Waals surface area contributed by atoms with Gasteiger partial charge in [-0.2, -0.15) is 0 Å². The fourth-order valence-corrected chi connectivity index (χ4v) is 1.75. The fourth-order valence-electron chi connectivity index (χ4n) is 1.75. The minimum Gasteiger partial charge on any atom is -0.334 e. The van der Waals surface area contributed by atoms with E-state index in [1.165, 1.54) is 0 Å². The summed E-state index contributed by atoms with van der Waals surface area (Å²) in [6.07, 6.45) is 6.25. The van der Waals surface area contributed by atoms with E-state index >= 15 is 0 Å². The van der Waals surface area contributed by atoms with Crippen molar-refractivity contribution < 1.29 is 0 Å². The van der Waals surface area contributed by atoms with Gasteiger partial charge in [0, 0.05) is 37.3 Å². The minimum absolute atomic E-state index is 0.0927. The Labute approximate surface area is 95.1 Å². The van der Waals surface area contributed by atoms with Gasteiger partial charge in [0.25, 0.3) is 0 Å². The van der Waals surface area contributed by atoms with Crippen molar-refractivity contribution in [2.45, 2.75) is 25.9 Å². The molecule has 2 rings (SSSR count). The number of aryl methyl sites for hydroxylation is 1. The molecule has 2 heterocycles. The highest BCUT2D eigenvalue weighted by molar-refractivity contribution is 5.09. The standard InChI is InChI=1S/C12H16N4/c1-2-16-8-7-15-12(16)11(13)9-10-5-3-4-6-14-10/h3-8,11H,2,9,13H2,1H3. The molecule has 0 aromatic carbocycles. The van der Waals surface area contributed by atoms with Crippen molar-refractivity contribution in [3.8, 4) is 0 Å². The summed E-state index contributed by atoms with van der Waals surface area (Å²) in [6.45, 7) is 2.98. The number of hydrogen-bond donors (Lipinski definition) is 1. The van der Waals surface area contributed by atoms with Crippen LogP contribution in [0.3, 0.4) is 0 Å². The molecule has 1 unspecified atom stereocenters. The van der Waals surface area contributed by atoms with Gasteiger partial charge in [-0.05, 0) is 19.1 Å². The summed E-state index contributed by atoms with van der Waals surface area (Å²) in [7, 11) is 0. The van der Waals surface area contributed by atoms with Crippen LogP contribution in [0.5, 0.6) is 0 Å². The van der Waals surface area contributed by atoms with Crippen molar-refractivity contribution in [1.29, 1.82) is 0 Å². The minimum atomic E-state index is -0.0927. The van der Waals surface area contributed by atoms with Gasteiger partial charge in [-0.25, -0.2) is 4.98 Å². The van der Waals surface area contributed by atoms with Gasteiger partial charge in [0.1, 0.15) is 5.82 Å². The first-order chi connectivity index (χ1) is 7.81. The third-order valence-electron chi connectivity index (χ3n) is 2.58. The van der Waals surface area contributed by atoms with Crippen LogP contribution in [0.4, 0.5) is 0 Å². The Hall–Kier alpha value is -1.68. The fraction of sp³-hybridized carbons (Fsp3) is 0.333. The van der Waals surface area contributed by atoms with Crippen LogP contribution in [-0.4, -0.2) is 14.5 Å². The average Bonchev–Trinajstić information content (AvgIpc) is 2.78. The number of nitrogens with two attached hydrogens (primary N) is 1. The maximum absolute atomic E-state index is 6.12. The molecule has 0 saturated heterocycles. The third kappa shape index (κ3) is 2.28. The zero-order valence-electron chi connectivity index (χ0n) is 9.37. The Bertz CT molecular complexity index is 435. The Morgan fingerprint density at radius 1 is 1.31 bits per heavy atom. The second kappa shape index (κ2) is 4.90. The van der Waals surface area contributed by atoms with E-state index in [0.717, 1.165) is 24.5 Å². The van der Waals surface area contributed by atoms with Gasteiger partial charge in [-0.1, -0.05) is 6.07 Å². The second-order valence-electron chi connectivity index (χ2n) is 3.70. The zero-order valence-corrected chi connectivity index (χ0v) is 9.37. The van der Waals surface area contributed by atoms with Crippen molar-refractivity contribution >= 4 is 0 Å². The quantitative estimate of drug-likeness (QED) is 0.843. The van der Waals surface area contributed by atoms with Crippen molar-refractivity contribution in [2.24, 2.45) is 5.73 Å². The first kappa shape index (κ1) is 10.8. The first-order valence-corrected chi connectivity index (χ1v) is 5.47. The highest BCUT2D eigenvalue weighted by Crippen LogP contribution is 2.12. The average molecular weight is 216 g/mol.